The lowest BCUT2D eigenvalue weighted by atomic mass is 10.5. The topological polar surface area (TPSA) is 56.3 Å². The first-order chi connectivity index (χ1) is 7.50. The number of nitrogens with zero attached hydrogens (tertiary/aromatic N) is 1. The molecular formula is C6HBr2ClF3NO3S. The predicted molar refractivity (Wildman–Crippen MR) is 59.4 cm³/mol. The van der Waals surface area contributed by atoms with Crippen LogP contribution in [0.15, 0.2) is 20.2 Å². The fraction of sp³-hybridized carbons (Fsp3) is 0.167. The van der Waals surface area contributed by atoms with Crippen molar-refractivity contribution >= 4 is 51.6 Å². The zero-order valence-electron chi connectivity index (χ0n) is 7.43. The summed E-state index contributed by atoms with van der Waals surface area (Å²) in [5.41, 5.74) is 0. The highest BCUT2D eigenvalue weighted by Crippen LogP contribution is 2.35. The Kier molecular flexibility index (Phi) is 4.33. The van der Waals surface area contributed by atoms with Crippen molar-refractivity contribution in [1.29, 1.82) is 0 Å². The Morgan fingerprint density at radius 3 is 2.29 bits per heavy atom. The molecule has 0 saturated heterocycles. The standard InChI is InChI=1S/C6HBr2ClF3NO3S/c7-2-1-3(16-6(10,11)12)5(13-4(2)8)17(9,14)15/h1H. The molecule has 0 aliphatic rings. The summed E-state index contributed by atoms with van der Waals surface area (Å²) < 4.78 is 61.7. The predicted octanol–water partition coefficient (Wildman–Crippen LogP) is 3.43. The first-order valence-corrected chi connectivity index (χ1v) is 7.46. The molecule has 0 aromatic carbocycles. The second-order valence-corrected chi connectivity index (χ2v) is 6.64. The molecule has 0 unspecified atom stereocenters. The van der Waals surface area contributed by atoms with Crippen LogP contribution in [0.2, 0.25) is 0 Å². The van der Waals surface area contributed by atoms with Crippen LogP contribution in [0.3, 0.4) is 0 Å². The first kappa shape index (κ1) is 15.0. The monoisotopic (exact) mass is 417 g/mol. The fourth-order valence-electron chi connectivity index (χ4n) is 0.807. The van der Waals surface area contributed by atoms with Crippen LogP contribution in [0.5, 0.6) is 5.75 Å². The molecule has 0 fully saturated rings. The second kappa shape index (κ2) is 4.90. The van der Waals surface area contributed by atoms with E-state index in [0.29, 0.717) is 0 Å². The van der Waals surface area contributed by atoms with E-state index in [-0.39, 0.29) is 9.08 Å². The maximum absolute atomic E-state index is 12.0. The Morgan fingerprint density at radius 1 is 1.35 bits per heavy atom. The van der Waals surface area contributed by atoms with Crippen molar-refractivity contribution < 1.29 is 26.3 Å². The number of pyridine rings is 1. The van der Waals surface area contributed by atoms with Crippen molar-refractivity contribution in [2.75, 3.05) is 0 Å². The zero-order chi connectivity index (χ0) is 13.4. The number of halogens is 6. The van der Waals surface area contributed by atoms with Gasteiger partial charge in [0.15, 0.2) is 5.75 Å². The van der Waals surface area contributed by atoms with E-state index in [4.69, 9.17) is 10.7 Å². The van der Waals surface area contributed by atoms with Gasteiger partial charge in [0.2, 0.25) is 5.03 Å². The molecule has 4 nitrogen and oxygen atoms in total. The minimum Gasteiger partial charge on any atom is -0.403 e. The SMILES string of the molecule is O=S(=O)(Cl)c1nc(Br)c(Br)cc1OC(F)(F)F. The fourth-order valence-corrected chi connectivity index (χ4v) is 2.39. The molecule has 0 aliphatic carbocycles. The van der Waals surface area contributed by atoms with E-state index < -0.39 is 26.2 Å². The Bertz CT molecular complexity index is 548. The summed E-state index contributed by atoms with van der Waals surface area (Å²) in [6, 6.07) is 0.792. The molecule has 0 aliphatic heterocycles. The number of alkyl halides is 3. The highest BCUT2D eigenvalue weighted by atomic mass is 79.9. The average molecular weight is 419 g/mol. The van der Waals surface area contributed by atoms with Crippen LogP contribution in [-0.4, -0.2) is 19.8 Å². The Labute approximate surface area is 115 Å². The number of aromatic nitrogens is 1. The van der Waals surface area contributed by atoms with Crippen molar-refractivity contribution in [1.82, 2.24) is 4.98 Å². The average Bonchev–Trinajstić information content (AvgIpc) is 2.06. The Hall–Kier alpha value is -0.0600. The molecule has 17 heavy (non-hydrogen) atoms. The lowest BCUT2D eigenvalue weighted by molar-refractivity contribution is -0.275. The van der Waals surface area contributed by atoms with E-state index in [0.717, 1.165) is 6.07 Å². The summed E-state index contributed by atoms with van der Waals surface area (Å²) in [6.45, 7) is 0. The molecule has 11 heteroatoms. The summed E-state index contributed by atoms with van der Waals surface area (Å²) in [7, 11) is 0.483. The first-order valence-electron chi connectivity index (χ1n) is 3.57. The summed E-state index contributed by atoms with van der Waals surface area (Å²) in [5, 5.41) is -1.02. The molecule has 0 amide bonds. The molecule has 0 atom stereocenters. The molecule has 1 rings (SSSR count). The third kappa shape index (κ3) is 4.27. The van der Waals surface area contributed by atoms with Gasteiger partial charge in [0.1, 0.15) is 4.60 Å². The van der Waals surface area contributed by atoms with Crippen LogP contribution in [0, 0.1) is 0 Å². The smallest absolute Gasteiger partial charge is 0.403 e. The molecule has 1 aromatic heterocycles. The lowest BCUT2D eigenvalue weighted by Gasteiger charge is -2.11. The van der Waals surface area contributed by atoms with Gasteiger partial charge in [-0.15, -0.1) is 13.2 Å². The van der Waals surface area contributed by atoms with Crippen molar-refractivity contribution in [3.05, 3.63) is 15.1 Å². The van der Waals surface area contributed by atoms with Gasteiger partial charge in [0.05, 0.1) is 4.47 Å². The third-order valence-corrected chi connectivity index (χ3v) is 4.26. The van der Waals surface area contributed by atoms with Gasteiger partial charge in [-0.3, -0.25) is 0 Å². The highest BCUT2D eigenvalue weighted by molar-refractivity contribution is 9.13. The molecule has 0 bridgehead atoms. The number of rotatable bonds is 2. The molecular weight excluding hydrogens is 418 g/mol. The van der Waals surface area contributed by atoms with Crippen molar-refractivity contribution in [2.24, 2.45) is 0 Å². The van der Waals surface area contributed by atoms with E-state index in [1.807, 2.05) is 0 Å². The van der Waals surface area contributed by atoms with E-state index in [2.05, 4.69) is 41.6 Å². The Balaban J connectivity index is 3.42. The second-order valence-electron chi connectivity index (χ2n) is 2.55. The molecule has 1 heterocycles. The highest BCUT2D eigenvalue weighted by Gasteiger charge is 2.35. The maximum atomic E-state index is 12.0. The van der Waals surface area contributed by atoms with E-state index >= 15 is 0 Å². The van der Waals surface area contributed by atoms with Crippen LogP contribution in [0.25, 0.3) is 0 Å². The summed E-state index contributed by atoms with van der Waals surface area (Å²) in [5.74, 6) is -1.01. The van der Waals surface area contributed by atoms with E-state index in [1.54, 1.807) is 0 Å². The van der Waals surface area contributed by atoms with Gasteiger partial charge in [-0.2, -0.15) is 0 Å². The molecule has 0 spiro atoms. The van der Waals surface area contributed by atoms with Crippen LogP contribution < -0.4 is 4.74 Å². The van der Waals surface area contributed by atoms with Crippen molar-refractivity contribution in [2.45, 2.75) is 11.4 Å². The summed E-state index contributed by atoms with van der Waals surface area (Å²) >= 11 is 5.69. The van der Waals surface area contributed by atoms with Crippen LogP contribution in [-0.2, 0) is 9.05 Å². The van der Waals surface area contributed by atoms with Gasteiger partial charge in [-0.25, -0.2) is 13.4 Å². The lowest BCUT2D eigenvalue weighted by Crippen LogP contribution is -2.19. The van der Waals surface area contributed by atoms with Gasteiger partial charge >= 0.3 is 6.36 Å². The Morgan fingerprint density at radius 2 is 1.88 bits per heavy atom. The van der Waals surface area contributed by atoms with Crippen LogP contribution in [0.1, 0.15) is 0 Å². The maximum Gasteiger partial charge on any atom is 0.573 e. The van der Waals surface area contributed by atoms with Gasteiger partial charge in [-0.05, 0) is 31.9 Å². The molecule has 0 radical (unpaired) electrons. The number of hydrogen-bond acceptors (Lipinski definition) is 4. The summed E-state index contributed by atoms with van der Waals surface area (Å²) in [6.07, 6.45) is -5.05. The largest absolute Gasteiger partial charge is 0.573 e. The van der Waals surface area contributed by atoms with Crippen molar-refractivity contribution in [3.63, 3.8) is 0 Å². The zero-order valence-corrected chi connectivity index (χ0v) is 12.2. The minimum atomic E-state index is -5.05. The van der Waals surface area contributed by atoms with Crippen LogP contribution in [0.4, 0.5) is 13.2 Å². The minimum absolute atomic E-state index is 0.0220. The van der Waals surface area contributed by atoms with Crippen molar-refractivity contribution in [3.8, 4) is 5.75 Å². The van der Waals surface area contributed by atoms with E-state index in [1.165, 1.54) is 0 Å². The molecule has 1 aromatic rings. The number of hydrogen-bond donors (Lipinski definition) is 0. The number of ether oxygens (including phenoxy) is 1. The summed E-state index contributed by atoms with van der Waals surface area (Å²) in [4.78, 5) is 3.35. The third-order valence-electron chi connectivity index (χ3n) is 1.32. The quantitative estimate of drug-likeness (QED) is 0.545. The molecule has 0 saturated carbocycles. The molecule has 96 valence electrons. The van der Waals surface area contributed by atoms with Gasteiger partial charge in [0, 0.05) is 16.7 Å². The van der Waals surface area contributed by atoms with Crippen LogP contribution >= 0.6 is 42.5 Å². The van der Waals surface area contributed by atoms with E-state index in [9.17, 15) is 21.6 Å². The molecule has 0 N–H and O–H groups in total. The van der Waals surface area contributed by atoms with Gasteiger partial charge in [0.25, 0.3) is 9.05 Å². The normalized spacial score (nSPS) is 12.6. The van der Waals surface area contributed by atoms with Gasteiger partial charge < -0.3 is 4.74 Å². The van der Waals surface area contributed by atoms with Gasteiger partial charge in [-0.1, -0.05) is 0 Å².